The van der Waals surface area contributed by atoms with E-state index in [-0.39, 0.29) is 16.6 Å². The molecule has 1 heterocycles. The molecule has 33 heavy (non-hydrogen) atoms. The lowest BCUT2D eigenvalue weighted by molar-refractivity contribution is -0.120. The summed E-state index contributed by atoms with van der Waals surface area (Å²) in [6, 6.07) is 18.6. The minimum absolute atomic E-state index is 0.0798. The molecule has 2 N–H and O–H groups in total. The van der Waals surface area contributed by atoms with Crippen molar-refractivity contribution in [2.45, 2.75) is 6.92 Å². The molecule has 6 nitrogen and oxygen atoms in total. The van der Waals surface area contributed by atoms with Crippen LogP contribution < -0.4 is 15.5 Å². The van der Waals surface area contributed by atoms with E-state index in [0.717, 1.165) is 14.9 Å². The third-order valence-corrected chi connectivity index (χ3v) is 6.22. The molecule has 3 amide bonds. The highest BCUT2D eigenvalue weighted by Gasteiger charge is 2.39. The van der Waals surface area contributed by atoms with Crippen molar-refractivity contribution in [2.75, 3.05) is 15.5 Å². The number of hydrogen-bond acceptors (Lipinski definition) is 4. The fourth-order valence-electron chi connectivity index (χ4n) is 3.19. The fraction of sp³-hybridized carbons (Fsp3) is 0.0417. The van der Waals surface area contributed by atoms with E-state index in [1.165, 1.54) is 6.07 Å². The van der Waals surface area contributed by atoms with E-state index in [1.54, 1.807) is 48.5 Å². The van der Waals surface area contributed by atoms with Crippen LogP contribution in [0.25, 0.3) is 0 Å². The average molecular weight is 545 g/mol. The molecule has 0 aliphatic carbocycles. The molecule has 0 aromatic heterocycles. The first-order chi connectivity index (χ1) is 15.7. The lowest BCUT2D eigenvalue weighted by atomic mass is 10.1. The number of carbonyl (C=O) groups is 3. The zero-order valence-electron chi connectivity index (χ0n) is 17.2. The molecular formula is C24H16BrCl2N3O3. The predicted molar refractivity (Wildman–Crippen MR) is 134 cm³/mol. The van der Waals surface area contributed by atoms with Crippen LogP contribution in [0.5, 0.6) is 0 Å². The second-order valence-electron chi connectivity index (χ2n) is 7.24. The Hall–Kier alpha value is -3.13. The van der Waals surface area contributed by atoms with Gasteiger partial charge in [-0.15, -0.1) is 0 Å². The Kier molecular flexibility index (Phi) is 6.56. The third-order valence-electron chi connectivity index (χ3n) is 4.94. The smallest absolute Gasteiger partial charge is 0.283 e. The number of imide groups is 1. The largest absolute Gasteiger partial charge is 0.350 e. The summed E-state index contributed by atoms with van der Waals surface area (Å²) >= 11 is 15.7. The van der Waals surface area contributed by atoms with Gasteiger partial charge >= 0.3 is 0 Å². The van der Waals surface area contributed by atoms with Gasteiger partial charge in [-0.25, -0.2) is 4.90 Å². The topological polar surface area (TPSA) is 78.5 Å². The van der Waals surface area contributed by atoms with Gasteiger partial charge in [0.2, 0.25) is 0 Å². The molecule has 9 heteroatoms. The number of rotatable bonds is 5. The Balaban J connectivity index is 1.54. The second kappa shape index (κ2) is 9.39. The zero-order valence-corrected chi connectivity index (χ0v) is 20.3. The van der Waals surface area contributed by atoms with Crippen molar-refractivity contribution >= 4 is 73.9 Å². The second-order valence-corrected chi connectivity index (χ2v) is 8.94. The minimum Gasteiger partial charge on any atom is -0.350 e. The summed E-state index contributed by atoms with van der Waals surface area (Å²) < 4.78 is 0.898. The number of hydrogen-bond donors (Lipinski definition) is 2. The maximum atomic E-state index is 13.0. The Morgan fingerprint density at radius 2 is 1.64 bits per heavy atom. The van der Waals surface area contributed by atoms with E-state index in [1.807, 2.05) is 19.1 Å². The predicted octanol–water partition coefficient (Wildman–Crippen LogP) is 6.10. The van der Waals surface area contributed by atoms with Crippen LogP contribution in [-0.2, 0) is 9.59 Å². The van der Waals surface area contributed by atoms with E-state index in [4.69, 9.17) is 23.2 Å². The Morgan fingerprint density at radius 3 is 2.33 bits per heavy atom. The molecule has 0 spiro atoms. The molecule has 4 rings (SSSR count). The van der Waals surface area contributed by atoms with Crippen molar-refractivity contribution in [3.8, 4) is 0 Å². The van der Waals surface area contributed by atoms with Gasteiger partial charge in [-0.2, -0.15) is 0 Å². The number of amides is 3. The summed E-state index contributed by atoms with van der Waals surface area (Å²) in [4.78, 5) is 39.3. The highest BCUT2D eigenvalue weighted by Crippen LogP contribution is 2.32. The SMILES string of the molecule is Cc1ccc(N2C(=O)C(Cl)=C(Nc3cccc(C(=O)Nc4ccc(Br)cc4)c3)C2=O)cc1Cl. The molecule has 0 saturated heterocycles. The van der Waals surface area contributed by atoms with Gasteiger partial charge < -0.3 is 10.6 Å². The number of nitrogens with zero attached hydrogens (tertiary/aromatic N) is 1. The minimum atomic E-state index is -0.659. The number of anilines is 3. The van der Waals surface area contributed by atoms with E-state index in [9.17, 15) is 14.4 Å². The van der Waals surface area contributed by atoms with E-state index >= 15 is 0 Å². The first-order valence-electron chi connectivity index (χ1n) is 9.73. The quantitative estimate of drug-likeness (QED) is 0.380. The van der Waals surface area contributed by atoms with Crippen molar-refractivity contribution in [3.63, 3.8) is 0 Å². The van der Waals surface area contributed by atoms with E-state index < -0.39 is 11.8 Å². The Morgan fingerprint density at radius 1 is 0.909 bits per heavy atom. The van der Waals surface area contributed by atoms with Crippen molar-refractivity contribution in [1.29, 1.82) is 0 Å². The van der Waals surface area contributed by atoms with Crippen molar-refractivity contribution in [1.82, 2.24) is 0 Å². The molecule has 0 unspecified atom stereocenters. The molecule has 1 aliphatic heterocycles. The fourth-order valence-corrected chi connectivity index (χ4v) is 3.84. The van der Waals surface area contributed by atoms with Gasteiger partial charge in [0.15, 0.2) is 0 Å². The average Bonchev–Trinajstić information content (AvgIpc) is 3.00. The Labute approximate surface area is 208 Å². The highest BCUT2D eigenvalue weighted by molar-refractivity contribution is 9.10. The number of carbonyl (C=O) groups excluding carboxylic acids is 3. The van der Waals surface area contributed by atoms with Crippen LogP contribution in [0.1, 0.15) is 15.9 Å². The molecule has 166 valence electrons. The normalized spacial score (nSPS) is 13.5. The van der Waals surface area contributed by atoms with Crippen LogP contribution in [0.3, 0.4) is 0 Å². The van der Waals surface area contributed by atoms with Gasteiger partial charge in [-0.05, 0) is 67.1 Å². The van der Waals surface area contributed by atoms with Gasteiger partial charge in [-0.1, -0.05) is 51.3 Å². The number of nitrogens with one attached hydrogen (secondary N) is 2. The monoisotopic (exact) mass is 543 g/mol. The van der Waals surface area contributed by atoms with E-state index in [2.05, 4.69) is 26.6 Å². The molecule has 0 atom stereocenters. The first kappa shape index (κ1) is 23.0. The van der Waals surface area contributed by atoms with Crippen molar-refractivity contribution < 1.29 is 14.4 Å². The number of benzene rings is 3. The molecule has 0 bridgehead atoms. The summed E-state index contributed by atoms with van der Waals surface area (Å²) in [5, 5.41) is 5.86. The summed E-state index contributed by atoms with van der Waals surface area (Å²) in [5.74, 6) is -1.60. The van der Waals surface area contributed by atoms with Crippen LogP contribution in [0.2, 0.25) is 5.02 Å². The van der Waals surface area contributed by atoms with Crippen LogP contribution in [0.4, 0.5) is 17.1 Å². The van der Waals surface area contributed by atoms with Gasteiger partial charge in [0.05, 0.1) is 5.69 Å². The van der Waals surface area contributed by atoms with Gasteiger partial charge in [0.25, 0.3) is 17.7 Å². The molecule has 0 fully saturated rings. The maximum Gasteiger partial charge on any atom is 0.283 e. The summed E-state index contributed by atoms with van der Waals surface area (Å²) in [5.41, 5.74) is 2.48. The number of aryl methyl sites for hydroxylation is 1. The summed E-state index contributed by atoms with van der Waals surface area (Å²) in [6.07, 6.45) is 0. The van der Waals surface area contributed by atoms with Gasteiger partial charge in [0, 0.05) is 26.4 Å². The summed E-state index contributed by atoms with van der Waals surface area (Å²) in [7, 11) is 0. The van der Waals surface area contributed by atoms with Gasteiger partial charge in [0.1, 0.15) is 10.7 Å². The van der Waals surface area contributed by atoms with Crippen molar-refractivity contribution in [2.24, 2.45) is 0 Å². The molecule has 0 saturated carbocycles. The highest BCUT2D eigenvalue weighted by atomic mass is 79.9. The van der Waals surface area contributed by atoms with Crippen molar-refractivity contribution in [3.05, 3.63) is 98.1 Å². The molecular weight excluding hydrogens is 529 g/mol. The van der Waals surface area contributed by atoms with Crippen LogP contribution in [0.15, 0.2) is 81.9 Å². The molecule has 1 aliphatic rings. The zero-order chi connectivity index (χ0) is 23.7. The lowest BCUT2D eigenvalue weighted by Crippen LogP contribution is -2.32. The first-order valence-corrected chi connectivity index (χ1v) is 11.3. The third kappa shape index (κ3) is 4.80. The van der Waals surface area contributed by atoms with Gasteiger partial charge in [-0.3, -0.25) is 14.4 Å². The standard InChI is InChI=1S/C24H16BrCl2N3O3/c1-13-5-10-18(12-19(13)26)30-23(32)20(27)21(24(30)33)28-17-4-2-3-14(11-17)22(31)29-16-8-6-15(25)7-9-16/h2-12,28H,1H3,(H,29,31). The van der Waals surface area contributed by atoms with Crippen LogP contribution in [0, 0.1) is 6.92 Å². The lowest BCUT2D eigenvalue weighted by Gasteiger charge is -2.16. The summed E-state index contributed by atoms with van der Waals surface area (Å²) in [6.45, 7) is 1.82. The van der Waals surface area contributed by atoms with Crippen LogP contribution in [-0.4, -0.2) is 17.7 Å². The molecule has 3 aromatic rings. The Bertz CT molecular complexity index is 1320. The van der Waals surface area contributed by atoms with E-state index in [0.29, 0.717) is 27.6 Å². The maximum absolute atomic E-state index is 13.0. The number of halogens is 3. The molecule has 3 aromatic carbocycles. The van der Waals surface area contributed by atoms with Crippen LogP contribution >= 0.6 is 39.1 Å². The molecule has 0 radical (unpaired) electrons.